The van der Waals surface area contributed by atoms with E-state index >= 15 is 0 Å². The van der Waals surface area contributed by atoms with Crippen LogP contribution in [0.5, 0.6) is 11.5 Å². The van der Waals surface area contributed by atoms with Gasteiger partial charge >= 0.3 is 5.97 Å². The summed E-state index contributed by atoms with van der Waals surface area (Å²) in [6, 6.07) is 82.0. The Bertz CT molecular complexity index is 4990. The molecule has 642 valence electrons. The highest BCUT2D eigenvalue weighted by Crippen LogP contribution is 2.55. The number of ether oxygens (including phenoxy) is 1. The van der Waals surface area contributed by atoms with E-state index in [-0.39, 0.29) is 24.5 Å². The molecule has 4 N–H and O–H groups in total. The highest BCUT2D eigenvalue weighted by atomic mass is 16.5. The molecule has 12 rings (SSSR count). The summed E-state index contributed by atoms with van der Waals surface area (Å²) in [7, 11) is 0. The molecule has 1 aliphatic rings. The predicted molar refractivity (Wildman–Crippen MR) is 516 cm³/mol. The number of nitrogens with zero attached hydrogens (tertiary/aromatic N) is 6. The Balaban J connectivity index is 0.913. The van der Waals surface area contributed by atoms with Crippen molar-refractivity contribution in [2.75, 3.05) is 81.8 Å². The normalized spacial score (nSPS) is 15.4. The number of carbonyl (C=O) groups is 1. The number of aromatic hydroxyl groups is 2. The van der Waals surface area contributed by atoms with E-state index in [1.807, 2.05) is 48.5 Å². The number of phenols is 2. The highest BCUT2D eigenvalue weighted by molar-refractivity contribution is 5.85. The molecule has 122 heavy (non-hydrogen) atoms. The minimum Gasteiger partial charge on any atom is -0.508 e. The maximum Gasteiger partial charge on any atom is 0.306 e. The van der Waals surface area contributed by atoms with E-state index in [1.165, 1.54) is 45.0 Å². The van der Waals surface area contributed by atoms with Gasteiger partial charge in [-0.1, -0.05) is 226 Å². The summed E-state index contributed by atoms with van der Waals surface area (Å²) in [5, 5.41) is 52.1. The third-order valence-electron chi connectivity index (χ3n) is 23.6. The number of phenolic OH excluding ortho intramolecular Hbond substituents is 2. The summed E-state index contributed by atoms with van der Waals surface area (Å²) in [5.74, 6) is 0.169. The zero-order valence-corrected chi connectivity index (χ0v) is 76.4. The van der Waals surface area contributed by atoms with Crippen LogP contribution in [-0.4, -0.2) is 91.0 Å². The van der Waals surface area contributed by atoms with Gasteiger partial charge in [0.15, 0.2) is 0 Å². The first-order valence-electron chi connectivity index (χ1n) is 44.9. The lowest BCUT2D eigenvalue weighted by Crippen LogP contribution is -2.31. The van der Waals surface area contributed by atoms with Gasteiger partial charge in [0.1, 0.15) is 18.1 Å². The van der Waals surface area contributed by atoms with Gasteiger partial charge in [-0.3, -0.25) is 4.79 Å². The molecule has 12 nitrogen and oxygen atoms in total. The van der Waals surface area contributed by atoms with Crippen molar-refractivity contribution in [1.82, 2.24) is 0 Å². The summed E-state index contributed by atoms with van der Waals surface area (Å²) in [5.41, 5.74) is 24.7. The second kappa shape index (κ2) is 40.5. The number of aliphatic hydroxyl groups excluding tert-OH is 2. The fraction of sp³-hybridized carbons (Fsp3) is 0.391. The van der Waals surface area contributed by atoms with Crippen molar-refractivity contribution in [3.63, 3.8) is 0 Å². The number of anilines is 10. The van der Waals surface area contributed by atoms with Crippen LogP contribution in [0, 0.1) is 81.0 Å². The fourth-order valence-corrected chi connectivity index (χ4v) is 18.5. The lowest BCUT2D eigenvalue weighted by molar-refractivity contribution is -0.147. The number of carbonyl (C=O) groups excluding carboxylic acids is 1. The summed E-state index contributed by atoms with van der Waals surface area (Å²) >= 11 is 0. The summed E-state index contributed by atoms with van der Waals surface area (Å²) in [6.45, 7) is 53.0. The van der Waals surface area contributed by atoms with Crippen LogP contribution in [0.1, 0.15) is 168 Å². The molecule has 0 aliphatic heterocycles. The lowest BCUT2D eigenvalue weighted by Gasteiger charge is -2.29. The van der Waals surface area contributed by atoms with Crippen molar-refractivity contribution in [3.8, 4) is 56.0 Å². The molecule has 0 spiro atoms. The molecule has 1 fully saturated rings. The Hall–Kier alpha value is -10.8. The second-order valence-corrected chi connectivity index (χ2v) is 38.2. The minimum atomic E-state index is -1.41. The van der Waals surface area contributed by atoms with E-state index in [0.717, 1.165) is 125 Å². The topological polar surface area (TPSA) is 127 Å². The van der Waals surface area contributed by atoms with Gasteiger partial charge in [-0.05, 0) is 257 Å². The Morgan fingerprint density at radius 1 is 0.303 bits per heavy atom. The van der Waals surface area contributed by atoms with Gasteiger partial charge in [-0.15, -0.1) is 0 Å². The number of esters is 1. The SMILES string of the molecule is Cc1cc(N(CC(C)C)CC(C)C)ccc1-c1ccc(N(c2ccc(-c3ccc(N(CC(C)C)CC(C)C)cc3C)cc2)c2ccc(C3C(CC(=O)OCc4ccccc4)[C@@H](O)[C@@H](c4ccc(N(c5ccc(-c6ccc(N(CC(C)C)CC(C)C)cc6C)cc5)c5ccc(-c6ccc(N(CC(C)C)CC(C)C)cc6C)cc5)cc4O)C3O)c(O)c2)cc1. The van der Waals surface area contributed by atoms with Crippen LogP contribution >= 0.6 is 0 Å². The minimum absolute atomic E-state index is 0.00948. The van der Waals surface area contributed by atoms with Gasteiger partial charge < -0.3 is 54.6 Å². The van der Waals surface area contributed by atoms with Gasteiger partial charge in [0.05, 0.1) is 18.6 Å². The number of hydrogen-bond acceptors (Lipinski definition) is 12. The van der Waals surface area contributed by atoms with Crippen LogP contribution in [0.2, 0.25) is 0 Å². The fourth-order valence-electron chi connectivity index (χ4n) is 18.5. The summed E-state index contributed by atoms with van der Waals surface area (Å²) in [4.78, 5) is 28.7. The van der Waals surface area contributed by atoms with E-state index in [0.29, 0.717) is 69.8 Å². The van der Waals surface area contributed by atoms with E-state index in [9.17, 15) is 25.2 Å². The maximum absolute atomic E-state index is 14.4. The average molecular weight is 1640 g/mol. The first-order chi connectivity index (χ1) is 58.2. The van der Waals surface area contributed by atoms with Gasteiger partial charge in [0.25, 0.3) is 0 Å². The van der Waals surface area contributed by atoms with Crippen molar-refractivity contribution in [2.45, 2.75) is 176 Å². The molecular formula is C110H136N6O6. The van der Waals surface area contributed by atoms with E-state index in [2.05, 4.69) is 338 Å². The lowest BCUT2D eigenvalue weighted by atomic mass is 9.84. The van der Waals surface area contributed by atoms with Crippen molar-refractivity contribution in [1.29, 1.82) is 0 Å². The molecule has 1 aliphatic carbocycles. The molecule has 11 aromatic rings. The van der Waals surface area contributed by atoms with E-state index in [4.69, 9.17) is 4.74 Å². The predicted octanol–water partition coefficient (Wildman–Crippen LogP) is 26.8. The van der Waals surface area contributed by atoms with Crippen LogP contribution in [0.15, 0.2) is 237 Å². The molecule has 11 aromatic carbocycles. The van der Waals surface area contributed by atoms with Crippen LogP contribution in [0.4, 0.5) is 56.9 Å². The molecule has 0 aromatic heterocycles. The van der Waals surface area contributed by atoms with Crippen molar-refractivity contribution >= 4 is 62.8 Å². The van der Waals surface area contributed by atoms with Crippen molar-refractivity contribution < 1.29 is 30.0 Å². The maximum atomic E-state index is 14.4. The zero-order chi connectivity index (χ0) is 87.5. The first-order valence-corrected chi connectivity index (χ1v) is 44.9. The molecule has 0 amide bonds. The third-order valence-corrected chi connectivity index (χ3v) is 23.6. The number of hydrogen-bond donors (Lipinski definition) is 4. The smallest absolute Gasteiger partial charge is 0.306 e. The molecule has 5 atom stereocenters. The first kappa shape index (κ1) is 90.4. The van der Waals surface area contributed by atoms with E-state index in [1.54, 1.807) is 18.2 Å². The van der Waals surface area contributed by atoms with E-state index < -0.39 is 35.9 Å². The Labute approximate surface area is 730 Å². The molecule has 0 saturated heterocycles. The van der Waals surface area contributed by atoms with Gasteiger partial charge in [0, 0.05) is 150 Å². The van der Waals surface area contributed by atoms with Crippen molar-refractivity contribution in [2.24, 2.45) is 53.3 Å². The summed E-state index contributed by atoms with van der Waals surface area (Å²) in [6.07, 6.45) is -3.10. The standard InChI is InChI=1S/C110H136N6O6/c1-70(2)61-111(62-71(3)4)91-42-48-97(78(17)54-91)83-26-34-87(35-27-83)115(88-36-28-84(29-37-88)98-49-43-92(55-79(98)18)112(63-72(5)6)64-73(7)8)95-46-52-101(104(117)58-95)107-103(60-106(119)122-69-82-24-22-21-23-25-82)109(120)108(110(107)121)102-53-47-96(59-105(102)118)116(89-38-30-85(31-39-89)99-50-44-93(56-80(99)19)113(65-74(9)10)66-75(11)12)90-40-32-86(33-41-90)100-51-45-94(57-81(100)20)114(67-76(13)14)68-77(15)16/h21-59,70-77,103,107-110,117-118,120-121H,60-69H2,1-20H3/t103?,107?,108-,109-,110?/m1/s1. The highest BCUT2D eigenvalue weighted by Gasteiger charge is 2.53. The van der Waals surface area contributed by atoms with Crippen LogP contribution < -0.4 is 29.4 Å². The van der Waals surface area contributed by atoms with Crippen LogP contribution in [0.25, 0.3) is 44.5 Å². The monoisotopic (exact) mass is 1640 g/mol. The molecule has 0 heterocycles. The number of aliphatic hydroxyl groups is 2. The Morgan fingerprint density at radius 2 is 0.557 bits per heavy atom. The van der Waals surface area contributed by atoms with Gasteiger partial charge in [-0.2, -0.15) is 0 Å². The molecule has 0 radical (unpaired) electrons. The Morgan fingerprint density at radius 3 is 0.811 bits per heavy atom. The zero-order valence-electron chi connectivity index (χ0n) is 76.4. The molecule has 0 bridgehead atoms. The van der Waals surface area contributed by atoms with Crippen LogP contribution in [-0.2, 0) is 16.1 Å². The van der Waals surface area contributed by atoms with Gasteiger partial charge in [-0.25, -0.2) is 0 Å². The molecular weight excluding hydrogens is 1500 g/mol. The molecule has 12 heteroatoms. The third kappa shape index (κ3) is 22.2. The number of benzene rings is 11. The van der Waals surface area contributed by atoms with Gasteiger partial charge in [0.2, 0.25) is 0 Å². The van der Waals surface area contributed by atoms with Crippen LogP contribution in [0.3, 0.4) is 0 Å². The quantitative estimate of drug-likeness (QED) is 0.0279. The molecule has 1 saturated carbocycles. The van der Waals surface area contributed by atoms with Crippen molar-refractivity contribution in [3.05, 3.63) is 276 Å². The Kier molecular flexibility index (Phi) is 30.0. The average Bonchev–Trinajstić information content (AvgIpc) is 1.34. The second-order valence-electron chi connectivity index (χ2n) is 38.2. The summed E-state index contributed by atoms with van der Waals surface area (Å²) < 4.78 is 5.98. The number of rotatable bonds is 36. The number of aryl methyl sites for hydroxylation is 4. The largest absolute Gasteiger partial charge is 0.508 e. The molecule has 3 unspecified atom stereocenters.